The van der Waals surface area contributed by atoms with E-state index in [1.165, 1.54) is 0 Å². The number of rotatable bonds is 3. The summed E-state index contributed by atoms with van der Waals surface area (Å²) in [6.07, 6.45) is 0.933. The van der Waals surface area contributed by atoms with Gasteiger partial charge in [0.1, 0.15) is 11.6 Å². The normalized spacial score (nSPS) is 13.7. The van der Waals surface area contributed by atoms with Crippen molar-refractivity contribution < 1.29 is 4.74 Å². The Labute approximate surface area is 122 Å². The Morgan fingerprint density at radius 3 is 3.05 bits per heavy atom. The average molecular weight is 288 g/mol. The molecule has 1 aromatic heterocycles. The Morgan fingerprint density at radius 2 is 2.20 bits per heavy atom. The van der Waals surface area contributed by atoms with Gasteiger partial charge in [0.2, 0.25) is 0 Å². The maximum atomic E-state index is 5.35. The zero-order valence-corrected chi connectivity index (χ0v) is 12.0. The average Bonchev–Trinajstić information content (AvgIpc) is 2.47. The molecule has 0 spiro atoms. The minimum Gasteiger partial charge on any atom is -0.495 e. The third-order valence-corrected chi connectivity index (χ3v) is 3.53. The number of aromatic amines is 1. The topological polar surface area (TPSA) is 62.0 Å². The highest BCUT2D eigenvalue weighted by atomic mass is 32.1. The number of fused-ring (bicyclic) bond motifs is 1. The molecule has 2 heterocycles. The molecule has 1 aliphatic heterocycles. The third kappa shape index (κ3) is 2.52. The molecule has 3 rings (SSSR count). The van der Waals surface area contributed by atoms with Gasteiger partial charge in [-0.15, -0.1) is 0 Å². The van der Waals surface area contributed by atoms with Crippen LogP contribution in [-0.2, 0) is 13.0 Å². The number of nitrogens with one attached hydrogen (secondary N) is 3. The number of anilines is 2. The van der Waals surface area contributed by atoms with Crippen molar-refractivity contribution in [3.63, 3.8) is 0 Å². The summed E-state index contributed by atoms with van der Waals surface area (Å²) in [6.45, 7) is 1.74. The molecule has 0 fully saturated rings. The van der Waals surface area contributed by atoms with Crippen LogP contribution in [0.3, 0.4) is 0 Å². The lowest BCUT2D eigenvalue weighted by molar-refractivity contribution is 0.417. The number of ether oxygens (including phenoxy) is 1. The monoisotopic (exact) mass is 288 g/mol. The minimum atomic E-state index is 0.503. The van der Waals surface area contributed by atoms with Crippen molar-refractivity contribution in [2.24, 2.45) is 0 Å². The molecule has 2 aromatic rings. The van der Waals surface area contributed by atoms with Crippen molar-refractivity contribution in [3.05, 3.63) is 40.3 Å². The van der Waals surface area contributed by atoms with E-state index in [1.807, 2.05) is 24.3 Å². The fourth-order valence-electron chi connectivity index (χ4n) is 2.35. The predicted octanol–water partition coefficient (Wildman–Crippen LogP) is 2.54. The van der Waals surface area contributed by atoms with Crippen molar-refractivity contribution in [1.82, 2.24) is 15.3 Å². The van der Waals surface area contributed by atoms with Crippen molar-refractivity contribution in [2.75, 3.05) is 19.0 Å². The van der Waals surface area contributed by atoms with Gasteiger partial charge in [0.05, 0.1) is 12.8 Å². The van der Waals surface area contributed by atoms with Gasteiger partial charge in [0, 0.05) is 30.8 Å². The van der Waals surface area contributed by atoms with Gasteiger partial charge in [-0.3, -0.25) is 0 Å². The molecule has 0 bridgehead atoms. The van der Waals surface area contributed by atoms with E-state index in [2.05, 4.69) is 20.6 Å². The molecule has 0 unspecified atom stereocenters. The highest BCUT2D eigenvalue weighted by Gasteiger charge is 2.16. The van der Waals surface area contributed by atoms with Gasteiger partial charge in [-0.25, -0.2) is 4.98 Å². The SMILES string of the molecule is COc1ccccc1Nc1nc(=S)[nH]c2c1CNCC2. The minimum absolute atomic E-state index is 0.503. The molecule has 104 valence electrons. The van der Waals surface area contributed by atoms with Crippen molar-refractivity contribution in [2.45, 2.75) is 13.0 Å². The molecule has 0 atom stereocenters. The molecule has 0 aliphatic carbocycles. The molecule has 5 nitrogen and oxygen atoms in total. The Kier molecular flexibility index (Phi) is 3.66. The van der Waals surface area contributed by atoms with E-state index in [0.717, 1.165) is 48.0 Å². The number of methoxy groups -OCH3 is 1. The van der Waals surface area contributed by atoms with Crippen LogP contribution in [-0.4, -0.2) is 23.6 Å². The second kappa shape index (κ2) is 5.60. The summed E-state index contributed by atoms with van der Waals surface area (Å²) < 4.78 is 5.85. The molecule has 0 radical (unpaired) electrons. The number of nitrogens with zero attached hydrogens (tertiary/aromatic N) is 1. The van der Waals surface area contributed by atoms with Crippen molar-refractivity contribution >= 4 is 23.7 Å². The summed E-state index contributed by atoms with van der Waals surface area (Å²) in [5, 5.41) is 6.68. The zero-order valence-electron chi connectivity index (χ0n) is 11.2. The molecule has 1 aliphatic rings. The predicted molar refractivity (Wildman–Crippen MR) is 81.1 cm³/mol. The van der Waals surface area contributed by atoms with Gasteiger partial charge < -0.3 is 20.4 Å². The van der Waals surface area contributed by atoms with Crippen LogP contribution in [0.2, 0.25) is 0 Å². The molecule has 0 amide bonds. The van der Waals surface area contributed by atoms with E-state index in [9.17, 15) is 0 Å². The standard InChI is InChI=1S/C14H16N4OS/c1-19-12-5-3-2-4-11(12)16-13-9-8-15-7-6-10(9)17-14(20)18-13/h2-5,15H,6-8H2,1H3,(H2,16,17,18,20). The molecule has 3 N–H and O–H groups in total. The number of para-hydroxylation sites is 2. The first-order chi connectivity index (χ1) is 9.78. The summed E-state index contributed by atoms with van der Waals surface area (Å²) in [7, 11) is 1.66. The first kappa shape index (κ1) is 13.1. The highest BCUT2D eigenvalue weighted by Crippen LogP contribution is 2.29. The van der Waals surface area contributed by atoms with E-state index < -0.39 is 0 Å². The quantitative estimate of drug-likeness (QED) is 0.758. The van der Waals surface area contributed by atoms with Crippen LogP contribution in [0.1, 0.15) is 11.3 Å². The number of aromatic nitrogens is 2. The Balaban J connectivity index is 2.02. The summed E-state index contributed by atoms with van der Waals surface area (Å²) in [6, 6.07) is 7.77. The van der Waals surface area contributed by atoms with Crippen LogP contribution in [0.25, 0.3) is 0 Å². The second-order valence-corrected chi connectivity index (χ2v) is 4.99. The molecule has 1 aromatic carbocycles. The molecular weight excluding hydrogens is 272 g/mol. The zero-order chi connectivity index (χ0) is 13.9. The van der Waals surface area contributed by atoms with Crippen LogP contribution in [0.4, 0.5) is 11.5 Å². The van der Waals surface area contributed by atoms with Gasteiger partial charge in [-0.2, -0.15) is 0 Å². The Hall–Kier alpha value is -1.92. The van der Waals surface area contributed by atoms with Crippen LogP contribution in [0.15, 0.2) is 24.3 Å². The van der Waals surface area contributed by atoms with Gasteiger partial charge in [-0.05, 0) is 24.4 Å². The maximum Gasteiger partial charge on any atom is 0.198 e. The highest BCUT2D eigenvalue weighted by molar-refractivity contribution is 7.71. The summed E-state index contributed by atoms with van der Waals surface area (Å²) in [4.78, 5) is 7.58. The summed E-state index contributed by atoms with van der Waals surface area (Å²) >= 11 is 5.20. The van der Waals surface area contributed by atoms with Crippen LogP contribution >= 0.6 is 12.2 Å². The lowest BCUT2D eigenvalue weighted by Gasteiger charge is -2.20. The first-order valence-electron chi connectivity index (χ1n) is 6.51. The molecule has 20 heavy (non-hydrogen) atoms. The fraction of sp³-hybridized carbons (Fsp3) is 0.286. The fourth-order valence-corrected chi connectivity index (χ4v) is 2.57. The second-order valence-electron chi connectivity index (χ2n) is 4.60. The largest absolute Gasteiger partial charge is 0.495 e. The van der Waals surface area contributed by atoms with Gasteiger partial charge in [0.25, 0.3) is 0 Å². The van der Waals surface area contributed by atoms with Crippen LogP contribution in [0.5, 0.6) is 5.75 Å². The van der Waals surface area contributed by atoms with E-state index >= 15 is 0 Å². The molecule has 0 saturated heterocycles. The first-order valence-corrected chi connectivity index (χ1v) is 6.91. The lowest BCUT2D eigenvalue weighted by atomic mass is 10.1. The van der Waals surface area contributed by atoms with E-state index in [4.69, 9.17) is 17.0 Å². The Bertz CT molecular complexity index is 683. The summed E-state index contributed by atoms with van der Waals surface area (Å²) in [5.41, 5.74) is 3.17. The van der Waals surface area contributed by atoms with E-state index in [1.54, 1.807) is 7.11 Å². The van der Waals surface area contributed by atoms with Crippen molar-refractivity contribution in [1.29, 1.82) is 0 Å². The van der Waals surface area contributed by atoms with E-state index in [0.29, 0.717) is 4.77 Å². The maximum absolute atomic E-state index is 5.35. The smallest absolute Gasteiger partial charge is 0.198 e. The number of benzene rings is 1. The van der Waals surface area contributed by atoms with Gasteiger partial charge in [0.15, 0.2) is 4.77 Å². The lowest BCUT2D eigenvalue weighted by Crippen LogP contribution is -2.26. The molecule has 6 heteroatoms. The molecular formula is C14H16N4OS. The summed E-state index contributed by atoms with van der Waals surface area (Å²) in [5.74, 6) is 1.58. The van der Waals surface area contributed by atoms with Gasteiger partial charge >= 0.3 is 0 Å². The van der Waals surface area contributed by atoms with Crippen LogP contribution < -0.4 is 15.4 Å². The van der Waals surface area contributed by atoms with Crippen molar-refractivity contribution in [3.8, 4) is 5.75 Å². The van der Waals surface area contributed by atoms with E-state index in [-0.39, 0.29) is 0 Å². The number of hydrogen-bond acceptors (Lipinski definition) is 5. The third-order valence-electron chi connectivity index (χ3n) is 3.33. The van der Waals surface area contributed by atoms with Crippen LogP contribution in [0, 0.1) is 4.77 Å². The van der Waals surface area contributed by atoms with Gasteiger partial charge in [-0.1, -0.05) is 12.1 Å². The molecule has 0 saturated carbocycles. The number of H-pyrrole nitrogens is 1. The Morgan fingerprint density at radius 1 is 1.35 bits per heavy atom. The number of hydrogen-bond donors (Lipinski definition) is 3.